The first-order valence-electron chi connectivity index (χ1n) is 18.4. The Hall–Kier alpha value is -4.22. The van der Waals surface area contributed by atoms with E-state index in [-0.39, 0.29) is 35.9 Å². The lowest BCUT2D eigenvalue weighted by Gasteiger charge is -2.42. The summed E-state index contributed by atoms with van der Waals surface area (Å²) in [5.41, 5.74) is 9.13. The van der Waals surface area contributed by atoms with Crippen LogP contribution in [-0.2, 0) is 27.2 Å². The first-order chi connectivity index (χ1) is 25.8. The molecule has 2 aliphatic carbocycles. The molecule has 4 heterocycles. The summed E-state index contributed by atoms with van der Waals surface area (Å²) in [7, 11) is 3.30. The lowest BCUT2D eigenvalue weighted by molar-refractivity contribution is -0.155. The zero-order valence-electron chi connectivity index (χ0n) is 30.1. The number of amides is 1. The Morgan fingerprint density at radius 1 is 0.849 bits per heavy atom. The van der Waals surface area contributed by atoms with Gasteiger partial charge in [0, 0.05) is 77.6 Å². The summed E-state index contributed by atoms with van der Waals surface area (Å²) < 4.78 is 17.0. The number of pyridine rings is 2. The third-order valence-electron chi connectivity index (χ3n) is 11.2. The molecule has 2 fully saturated rings. The molecule has 0 bridgehead atoms. The van der Waals surface area contributed by atoms with Crippen LogP contribution in [0.15, 0.2) is 48.5 Å². The van der Waals surface area contributed by atoms with Gasteiger partial charge < -0.3 is 24.8 Å². The summed E-state index contributed by atoms with van der Waals surface area (Å²) >= 11 is 14.5. The molecule has 53 heavy (non-hydrogen) atoms. The van der Waals surface area contributed by atoms with Crippen LogP contribution in [0.1, 0.15) is 66.9 Å². The van der Waals surface area contributed by atoms with Gasteiger partial charge in [0.15, 0.2) is 0 Å². The van der Waals surface area contributed by atoms with Gasteiger partial charge >= 0.3 is 5.97 Å². The van der Waals surface area contributed by atoms with Crippen LogP contribution in [0, 0.1) is 5.92 Å². The third kappa shape index (κ3) is 6.64. The Morgan fingerprint density at radius 2 is 1.43 bits per heavy atom. The summed E-state index contributed by atoms with van der Waals surface area (Å²) in [5.74, 6) is 1.07. The van der Waals surface area contributed by atoms with E-state index >= 15 is 0 Å². The van der Waals surface area contributed by atoms with Crippen LogP contribution in [0.25, 0.3) is 33.6 Å². The zero-order chi connectivity index (χ0) is 36.8. The van der Waals surface area contributed by atoms with Gasteiger partial charge in [-0.25, -0.2) is 9.97 Å². The number of hydrogen-bond donors (Lipinski definition) is 2. The van der Waals surface area contributed by atoms with Crippen LogP contribution in [0.4, 0.5) is 0 Å². The molecule has 2 N–H and O–H groups in total. The predicted molar refractivity (Wildman–Crippen MR) is 204 cm³/mol. The fourth-order valence-corrected chi connectivity index (χ4v) is 9.16. The average molecular weight is 757 g/mol. The number of ether oxygens (including phenoxy) is 3. The van der Waals surface area contributed by atoms with Crippen molar-refractivity contribution in [2.75, 3.05) is 40.5 Å². The summed E-state index contributed by atoms with van der Waals surface area (Å²) in [4.78, 5) is 36.2. The van der Waals surface area contributed by atoms with Crippen LogP contribution < -0.4 is 20.1 Å². The number of nitrogens with one attached hydrogen (secondary N) is 2. The largest absolute Gasteiger partial charge is 0.481 e. The normalized spacial score (nSPS) is 20.8. The molecule has 2 aromatic carbocycles. The molecule has 3 atom stereocenters. The number of aromatic nitrogens is 2. The number of esters is 1. The molecule has 2 aromatic heterocycles. The summed E-state index contributed by atoms with van der Waals surface area (Å²) in [6, 6.07) is 16.5. The van der Waals surface area contributed by atoms with Crippen LogP contribution in [0.5, 0.6) is 11.8 Å². The molecule has 1 amide bonds. The van der Waals surface area contributed by atoms with Crippen molar-refractivity contribution in [1.82, 2.24) is 25.5 Å². The Bertz CT molecular complexity index is 2090. The minimum atomic E-state index is -0.124. The number of nitrogens with zero attached hydrogens (tertiary/aromatic N) is 3. The molecule has 2 aliphatic heterocycles. The molecule has 12 heteroatoms. The Balaban J connectivity index is 1.06. The molecule has 4 aliphatic rings. The molecule has 1 unspecified atom stereocenters. The number of aryl methyl sites for hydroxylation is 2. The van der Waals surface area contributed by atoms with Gasteiger partial charge in [-0.1, -0.05) is 59.6 Å². The third-order valence-corrected chi connectivity index (χ3v) is 12.0. The maximum atomic E-state index is 12.2. The van der Waals surface area contributed by atoms with Crippen molar-refractivity contribution in [3.63, 3.8) is 0 Å². The van der Waals surface area contributed by atoms with Gasteiger partial charge in [0.25, 0.3) is 0 Å². The van der Waals surface area contributed by atoms with E-state index in [0.29, 0.717) is 54.5 Å². The molecule has 2 saturated heterocycles. The van der Waals surface area contributed by atoms with E-state index in [0.717, 1.165) is 76.9 Å². The Kier molecular flexibility index (Phi) is 10.1. The SMILES string of the molecule is CCOC(=O)C1CN(C2CCc3cc(-c4cccc(-c5cccc(-c6cc7c(c(OC)n6)[C@@H](NC[C@@H]6CCC(=O)N6)CC7)c5Cl)c4Cl)nc(OC)c32)C1. The van der Waals surface area contributed by atoms with Gasteiger partial charge in [-0.3, -0.25) is 14.5 Å². The number of carbonyl (C=O) groups is 2. The molecular weight excluding hydrogens is 713 g/mol. The van der Waals surface area contributed by atoms with E-state index < -0.39 is 0 Å². The van der Waals surface area contributed by atoms with Crippen molar-refractivity contribution in [2.45, 2.75) is 63.6 Å². The molecule has 8 rings (SSSR count). The number of likely N-dealkylation sites (tertiary alicyclic amines) is 1. The van der Waals surface area contributed by atoms with Crippen LogP contribution in [0.3, 0.4) is 0 Å². The second-order valence-electron chi connectivity index (χ2n) is 14.3. The topological polar surface area (TPSA) is 115 Å². The van der Waals surface area contributed by atoms with E-state index in [2.05, 4.69) is 27.7 Å². The molecule has 276 valence electrons. The van der Waals surface area contributed by atoms with Crippen LogP contribution in [-0.4, -0.2) is 73.2 Å². The van der Waals surface area contributed by atoms with Gasteiger partial charge in [-0.05, 0) is 62.3 Å². The highest BCUT2D eigenvalue weighted by molar-refractivity contribution is 6.39. The first-order valence-corrected chi connectivity index (χ1v) is 19.2. The second-order valence-corrected chi connectivity index (χ2v) is 15.0. The van der Waals surface area contributed by atoms with E-state index in [4.69, 9.17) is 47.4 Å². The predicted octanol–water partition coefficient (Wildman–Crippen LogP) is 7.14. The molecule has 10 nitrogen and oxygen atoms in total. The van der Waals surface area contributed by atoms with E-state index in [1.165, 1.54) is 11.1 Å². The van der Waals surface area contributed by atoms with Crippen LogP contribution >= 0.6 is 23.2 Å². The summed E-state index contributed by atoms with van der Waals surface area (Å²) in [6.45, 7) is 4.30. The van der Waals surface area contributed by atoms with Crippen molar-refractivity contribution in [2.24, 2.45) is 5.92 Å². The number of rotatable bonds is 11. The van der Waals surface area contributed by atoms with Crippen molar-refractivity contribution in [1.29, 1.82) is 0 Å². The first kappa shape index (κ1) is 35.8. The van der Waals surface area contributed by atoms with E-state index in [9.17, 15) is 9.59 Å². The smallest absolute Gasteiger partial charge is 0.311 e. The van der Waals surface area contributed by atoms with Gasteiger partial charge in [-0.2, -0.15) is 0 Å². The molecular formula is C41H43Cl2N5O5. The Labute approximate surface area is 319 Å². The molecule has 0 radical (unpaired) electrons. The van der Waals surface area contributed by atoms with E-state index in [1.54, 1.807) is 14.2 Å². The standard InChI is InChI=1S/C41H43Cl2N5O5/c1-4-53-41(50)24-20-48(21-24)33-15-12-23-18-32(47-40(52-3)36(23)33)29-10-6-8-27(38(29)43)26-7-5-9-28(37(26)42)31-17-22-11-14-30(35(22)39(46-31)51-2)44-19-25-13-16-34(49)45-25/h5-10,17-18,24-25,30,33,44H,4,11-16,19-21H2,1-3H3,(H,45,49)/t25-,30-,33?/m0/s1. The summed E-state index contributed by atoms with van der Waals surface area (Å²) in [5, 5.41) is 7.77. The van der Waals surface area contributed by atoms with Crippen molar-refractivity contribution < 1.29 is 23.8 Å². The maximum absolute atomic E-state index is 12.2. The summed E-state index contributed by atoms with van der Waals surface area (Å²) in [6.07, 6.45) is 5.04. The van der Waals surface area contributed by atoms with Gasteiger partial charge in [-0.15, -0.1) is 0 Å². The number of halogens is 2. The Morgan fingerprint density at radius 3 is 2.02 bits per heavy atom. The number of hydrogen-bond acceptors (Lipinski definition) is 9. The maximum Gasteiger partial charge on any atom is 0.311 e. The fraction of sp³-hybridized carbons (Fsp3) is 0.415. The highest BCUT2D eigenvalue weighted by Crippen LogP contribution is 2.47. The van der Waals surface area contributed by atoms with Gasteiger partial charge in [0.05, 0.1) is 48.2 Å². The minimum Gasteiger partial charge on any atom is -0.481 e. The van der Waals surface area contributed by atoms with Crippen molar-refractivity contribution in [3.8, 4) is 45.4 Å². The molecule has 4 aromatic rings. The molecule has 0 spiro atoms. The van der Waals surface area contributed by atoms with Crippen molar-refractivity contribution in [3.05, 3.63) is 80.8 Å². The van der Waals surface area contributed by atoms with E-state index in [1.807, 2.05) is 43.3 Å². The quantitative estimate of drug-likeness (QED) is 0.154. The minimum absolute atomic E-state index is 0.0851. The second kappa shape index (κ2) is 14.9. The fourth-order valence-electron chi connectivity index (χ4n) is 8.51. The number of methoxy groups -OCH3 is 2. The number of fused-ring (bicyclic) bond motifs is 2. The molecule has 0 saturated carbocycles. The average Bonchev–Trinajstić information content (AvgIpc) is 3.88. The monoisotopic (exact) mass is 755 g/mol. The highest BCUT2D eigenvalue weighted by Gasteiger charge is 2.42. The lowest BCUT2D eigenvalue weighted by atomic mass is 9.95. The van der Waals surface area contributed by atoms with Crippen LogP contribution in [0.2, 0.25) is 10.0 Å². The number of carbonyl (C=O) groups excluding carboxylic acids is 2. The lowest BCUT2D eigenvalue weighted by Crippen LogP contribution is -2.51. The highest BCUT2D eigenvalue weighted by atomic mass is 35.5. The number of benzene rings is 2. The van der Waals surface area contributed by atoms with Crippen molar-refractivity contribution >= 4 is 35.1 Å². The zero-order valence-corrected chi connectivity index (χ0v) is 31.6. The van der Waals surface area contributed by atoms with Gasteiger partial charge in [0.2, 0.25) is 17.7 Å². The van der Waals surface area contributed by atoms with Gasteiger partial charge in [0.1, 0.15) is 0 Å².